The van der Waals surface area contributed by atoms with Crippen LogP contribution in [0.25, 0.3) is 0 Å². The van der Waals surface area contributed by atoms with Gasteiger partial charge in [-0.1, -0.05) is 5.21 Å². The van der Waals surface area contributed by atoms with E-state index in [1.54, 1.807) is 6.20 Å². The molecule has 0 bridgehead atoms. The van der Waals surface area contributed by atoms with Gasteiger partial charge in [0.25, 0.3) is 0 Å². The molecule has 0 aromatic carbocycles. The summed E-state index contributed by atoms with van der Waals surface area (Å²) in [6.45, 7) is -0.100. The molecule has 1 heterocycles. The minimum absolute atomic E-state index is 0.0569. The molecule has 0 aliphatic carbocycles. The molecule has 1 amide bonds. The maximum atomic E-state index is 11.9. The average molecular weight is 201 g/mol. The normalized spacial score (nSPS) is 10.1. The summed E-state index contributed by atoms with van der Waals surface area (Å²) in [6, 6.07) is 0. The fraction of sp³-hybridized carbons (Fsp3) is 0.571. The fourth-order valence-electron chi connectivity index (χ4n) is 0.877. The molecule has 78 valence electrons. The van der Waals surface area contributed by atoms with Crippen molar-refractivity contribution < 1.29 is 9.18 Å². The molecule has 0 radical (unpaired) electrons. The van der Waals surface area contributed by atoms with Crippen molar-refractivity contribution in [2.75, 3.05) is 13.2 Å². The van der Waals surface area contributed by atoms with E-state index in [1.807, 2.05) is 0 Å². The number of rotatable bonds is 5. The van der Waals surface area contributed by atoms with Crippen LogP contribution in [0, 0.1) is 0 Å². The second-order valence-corrected chi connectivity index (χ2v) is 2.64. The third kappa shape index (κ3) is 3.09. The maximum Gasteiger partial charge on any atom is 0.234 e. The van der Waals surface area contributed by atoms with Crippen LogP contribution in [0.3, 0.4) is 0 Å². The van der Waals surface area contributed by atoms with Crippen molar-refractivity contribution in [3.63, 3.8) is 0 Å². The number of alkyl halides is 1. The van der Waals surface area contributed by atoms with E-state index in [0.29, 0.717) is 5.69 Å². The molecule has 7 heteroatoms. The number of nitrogens with two attached hydrogens (primary N) is 1. The molecular weight excluding hydrogens is 189 g/mol. The largest absolute Gasteiger partial charge is 0.349 e. The molecular formula is C7H12FN5O. The minimum atomic E-state index is -0.488. The lowest BCUT2D eigenvalue weighted by Crippen LogP contribution is -2.29. The van der Waals surface area contributed by atoms with Gasteiger partial charge in [0.15, 0.2) is 0 Å². The molecule has 0 spiro atoms. The third-order valence-electron chi connectivity index (χ3n) is 1.55. The lowest BCUT2D eigenvalue weighted by Gasteiger charge is -1.98. The van der Waals surface area contributed by atoms with E-state index < -0.39 is 6.67 Å². The molecule has 0 aliphatic heterocycles. The monoisotopic (exact) mass is 201 g/mol. The Balaban J connectivity index is 2.39. The third-order valence-corrected chi connectivity index (χ3v) is 1.55. The summed E-state index contributed by atoms with van der Waals surface area (Å²) in [5.74, 6) is -0.259. The molecule has 1 aromatic heterocycles. The van der Waals surface area contributed by atoms with Crippen LogP contribution in [-0.4, -0.2) is 34.1 Å². The van der Waals surface area contributed by atoms with Gasteiger partial charge in [0.05, 0.1) is 25.8 Å². The summed E-state index contributed by atoms with van der Waals surface area (Å²) >= 11 is 0. The molecule has 0 saturated carbocycles. The van der Waals surface area contributed by atoms with Crippen LogP contribution in [0.4, 0.5) is 4.39 Å². The van der Waals surface area contributed by atoms with Gasteiger partial charge in [0.1, 0.15) is 12.4 Å². The van der Waals surface area contributed by atoms with Gasteiger partial charge in [-0.05, 0) is 0 Å². The molecule has 6 nitrogen and oxygen atoms in total. The number of amides is 1. The highest BCUT2D eigenvalue weighted by atomic mass is 19.1. The smallest absolute Gasteiger partial charge is 0.234 e. The van der Waals surface area contributed by atoms with Crippen molar-refractivity contribution in [3.8, 4) is 0 Å². The molecule has 1 rings (SSSR count). The Hall–Kier alpha value is -1.50. The molecule has 0 fully saturated rings. The predicted octanol–water partition coefficient (Wildman–Crippen LogP) is -1.18. The van der Waals surface area contributed by atoms with Gasteiger partial charge in [-0.2, -0.15) is 0 Å². The average Bonchev–Trinajstić information content (AvgIpc) is 2.63. The predicted molar refractivity (Wildman–Crippen MR) is 46.9 cm³/mol. The first kappa shape index (κ1) is 10.6. The molecule has 0 saturated heterocycles. The number of hydrogen-bond donors (Lipinski definition) is 2. The molecule has 0 aliphatic rings. The number of halogens is 1. The van der Waals surface area contributed by atoms with Gasteiger partial charge in [-0.3, -0.25) is 4.79 Å². The fourth-order valence-corrected chi connectivity index (χ4v) is 0.877. The topological polar surface area (TPSA) is 85.8 Å². The van der Waals surface area contributed by atoms with Gasteiger partial charge < -0.3 is 11.1 Å². The van der Waals surface area contributed by atoms with Crippen molar-refractivity contribution in [3.05, 3.63) is 11.9 Å². The van der Waals surface area contributed by atoms with Crippen molar-refractivity contribution in [2.24, 2.45) is 5.73 Å². The van der Waals surface area contributed by atoms with Crippen molar-refractivity contribution in [1.82, 2.24) is 20.3 Å². The summed E-state index contributed by atoms with van der Waals surface area (Å²) < 4.78 is 13.3. The first-order valence-electron chi connectivity index (χ1n) is 4.18. The molecule has 1 aromatic rings. The van der Waals surface area contributed by atoms with Crippen molar-refractivity contribution >= 4 is 5.91 Å². The van der Waals surface area contributed by atoms with Crippen LogP contribution >= 0.6 is 0 Å². The van der Waals surface area contributed by atoms with Crippen LogP contribution < -0.4 is 11.1 Å². The van der Waals surface area contributed by atoms with Gasteiger partial charge >= 0.3 is 0 Å². The highest BCUT2D eigenvalue weighted by Gasteiger charge is 2.02. The zero-order chi connectivity index (χ0) is 10.4. The van der Waals surface area contributed by atoms with E-state index in [2.05, 4.69) is 15.6 Å². The van der Waals surface area contributed by atoms with Gasteiger partial charge in [-0.25, -0.2) is 9.07 Å². The second-order valence-electron chi connectivity index (χ2n) is 2.64. The highest BCUT2D eigenvalue weighted by Crippen LogP contribution is 1.92. The molecule has 0 unspecified atom stereocenters. The van der Waals surface area contributed by atoms with Crippen LogP contribution in [0.15, 0.2) is 6.20 Å². The lowest BCUT2D eigenvalue weighted by atomic mass is 10.4. The Bertz CT molecular complexity index is 300. The van der Waals surface area contributed by atoms with Crippen molar-refractivity contribution in [1.29, 1.82) is 0 Å². The Morgan fingerprint density at radius 2 is 2.50 bits per heavy atom. The van der Waals surface area contributed by atoms with E-state index in [-0.39, 0.29) is 25.5 Å². The van der Waals surface area contributed by atoms with E-state index in [9.17, 15) is 9.18 Å². The van der Waals surface area contributed by atoms with E-state index in [4.69, 9.17) is 5.73 Å². The van der Waals surface area contributed by atoms with Crippen LogP contribution in [0.2, 0.25) is 0 Å². The number of carbonyl (C=O) groups is 1. The second kappa shape index (κ2) is 5.28. The molecule has 0 atom stereocenters. The molecule has 14 heavy (non-hydrogen) atoms. The lowest BCUT2D eigenvalue weighted by molar-refractivity contribution is -0.119. The summed E-state index contributed by atoms with van der Waals surface area (Å²) in [4.78, 5) is 10.8. The number of carbonyl (C=O) groups excluding carboxylic acids is 1. The number of hydrogen-bond acceptors (Lipinski definition) is 4. The zero-order valence-corrected chi connectivity index (χ0v) is 7.61. The Labute approximate surface area is 80.3 Å². The van der Waals surface area contributed by atoms with Crippen LogP contribution in [0.5, 0.6) is 0 Å². The number of nitrogens with one attached hydrogen (secondary N) is 1. The Kier molecular flexibility index (Phi) is 3.99. The molecule has 3 N–H and O–H groups in total. The summed E-state index contributed by atoms with van der Waals surface area (Å²) in [7, 11) is 0. The summed E-state index contributed by atoms with van der Waals surface area (Å²) in [6.07, 6.45) is 1.58. The van der Waals surface area contributed by atoms with Gasteiger partial charge in [-0.15, -0.1) is 5.10 Å². The summed E-state index contributed by atoms with van der Waals surface area (Å²) in [5.41, 5.74) is 5.67. The first-order valence-corrected chi connectivity index (χ1v) is 4.18. The van der Waals surface area contributed by atoms with E-state index in [0.717, 1.165) is 0 Å². The van der Waals surface area contributed by atoms with Crippen LogP contribution in [0.1, 0.15) is 5.69 Å². The first-order chi connectivity index (χ1) is 6.76. The quantitative estimate of drug-likeness (QED) is 0.628. The Morgan fingerprint density at radius 3 is 3.14 bits per heavy atom. The minimum Gasteiger partial charge on any atom is -0.349 e. The Morgan fingerprint density at radius 1 is 1.71 bits per heavy atom. The van der Waals surface area contributed by atoms with Gasteiger partial charge in [0.2, 0.25) is 5.91 Å². The maximum absolute atomic E-state index is 11.9. The van der Waals surface area contributed by atoms with E-state index >= 15 is 0 Å². The SMILES string of the molecule is NCC(=O)NCc1cn(CCF)nn1. The van der Waals surface area contributed by atoms with Crippen molar-refractivity contribution in [2.45, 2.75) is 13.1 Å². The van der Waals surface area contributed by atoms with Crippen LogP contribution in [-0.2, 0) is 17.9 Å². The number of aromatic nitrogens is 3. The highest BCUT2D eigenvalue weighted by molar-refractivity contribution is 5.77. The van der Waals surface area contributed by atoms with Gasteiger partial charge in [0, 0.05) is 0 Å². The number of aryl methyl sites for hydroxylation is 1. The standard InChI is InChI=1S/C7H12FN5O/c8-1-2-13-5-6(11-12-13)4-10-7(14)3-9/h5H,1-4,9H2,(H,10,14). The summed E-state index contributed by atoms with van der Waals surface area (Å²) in [5, 5.41) is 9.92. The number of nitrogens with zero attached hydrogens (tertiary/aromatic N) is 3. The zero-order valence-electron chi connectivity index (χ0n) is 7.61. The van der Waals surface area contributed by atoms with E-state index in [1.165, 1.54) is 4.68 Å².